The van der Waals surface area contributed by atoms with Gasteiger partial charge in [0.1, 0.15) is 0 Å². The van der Waals surface area contributed by atoms with Crippen molar-refractivity contribution in [1.29, 1.82) is 0 Å². The van der Waals surface area contributed by atoms with Crippen molar-refractivity contribution >= 4 is 17.5 Å². The molecule has 0 aliphatic carbocycles. The third-order valence-corrected chi connectivity index (χ3v) is 5.16. The molecule has 0 radical (unpaired) electrons. The average molecular weight is 347 g/mol. The van der Waals surface area contributed by atoms with Crippen molar-refractivity contribution in [2.24, 2.45) is 5.92 Å². The van der Waals surface area contributed by atoms with Crippen molar-refractivity contribution in [3.05, 3.63) is 52.3 Å². The molecular weight excluding hydrogens is 324 g/mol. The third kappa shape index (κ3) is 3.21. The van der Waals surface area contributed by atoms with Crippen LogP contribution in [0.1, 0.15) is 34.6 Å². The smallest absolute Gasteiger partial charge is 0.255 e. The van der Waals surface area contributed by atoms with E-state index < -0.39 is 0 Å². The number of hydrogen-bond acceptors (Lipinski definition) is 2. The van der Waals surface area contributed by atoms with Crippen molar-refractivity contribution in [3.63, 3.8) is 0 Å². The molecule has 5 heteroatoms. The zero-order chi connectivity index (χ0) is 17.3. The van der Waals surface area contributed by atoms with Gasteiger partial charge in [0.05, 0.1) is 5.56 Å². The van der Waals surface area contributed by atoms with Gasteiger partial charge in [0, 0.05) is 41.8 Å². The van der Waals surface area contributed by atoms with Gasteiger partial charge in [-0.3, -0.25) is 4.79 Å². The van der Waals surface area contributed by atoms with E-state index in [1.165, 1.54) is 0 Å². The topological polar surface area (TPSA) is 45.5 Å². The average Bonchev–Trinajstić information content (AvgIpc) is 2.90. The summed E-state index contributed by atoms with van der Waals surface area (Å²) in [5, 5.41) is 9.94. The first-order valence-corrected chi connectivity index (χ1v) is 8.74. The molecule has 128 valence electrons. The van der Waals surface area contributed by atoms with Gasteiger partial charge in [-0.25, -0.2) is 0 Å². The summed E-state index contributed by atoms with van der Waals surface area (Å²) in [4.78, 5) is 14.8. The lowest BCUT2D eigenvalue weighted by Gasteiger charge is -2.31. The predicted octanol–water partition coefficient (Wildman–Crippen LogP) is 3.59. The Bertz CT molecular complexity index is 729. The fourth-order valence-electron chi connectivity index (χ4n) is 3.46. The minimum Gasteiger partial charge on any atom is -0.396 e. The summed E-state index contributed by atoms with van der Waals surface area (Å²) in [5.41, 5.74) is 3.74. The number of nitrogens with zero attached hydrogens (tertiary/aromatic N) is 2. The summed E-state index contributed by atoms with van der Waals surface area (Å²) in [6, 6.07) is 9.60. The highest BCUT2D eigenvalue weighted by atomic mass is 35.5. The molecule has 0 saturated carbocycles. The van der Waals surface area contributed by atoms with Gasteiger partial charge in [-0.2, -0.15) is 0 Å². The first kappa shape index (κ1) is 17.1. The number of likely N-dealkylation sites (tertiary alicyclic amines) is 1. The lowest BCUT2D eigenvalue weighted by Crippen LogP contribution is -2.39. The van der Waals surface area contributed by atoms with E-state index in [0.29, 0.717) is 24.0 Å². The zero-order valence-corrected chi connectivity index (χ0v) is 14.9. The number of hydrogen-bond donors (Lipinski definition) is 1. The summed E-state index contributed by atoms with van der Waals surface area (Å²) < 4.78 is 2.09. The number of rotatable bonds is 3. The molecule has 1 aromatic heterocycles. The van der Waals surface area contributed by atoms with Gasteiger partial charge >= 0.3 is 0 Å². The summed E-state index contributed by atoms with van der Waals surface area (Å²) in [6.45, 7) is 5.64. The molecule has 4 nitrogen and oxygen atoms in total. The van der Waals surface area contributed by atoms with E-state index in [-0.39, 0.29) is 12.5 Å². The van der Waals surface area contributed by atoms with Crippen LogP contribution in [-0.4, -0.2) is 40.2 Å². The van der Waals surface area contributed by atoms with E-state index >= 15 is 0 Å². The minimum atomic E-state index is 0.0831. The van der Waals surface area contributed by atoms with Gasteiger partial charge in [0.15, 0.2) is 0 Å². The van der Waals surface area contributed by atoms with E-state index in [1.807, 2.05) is 49.1 Å². The molecule has 1 aromatic carbocycles. The van der Waals surface area contributed by atoms with Gasteiger partial charge in [0.2, 0.25) is 0 Å². The largest absolute Gasteiger partial charge is 0.396 e. The molecule has 1 amide bonds. The number of carbonyl (C=O) groups excluding carboxylic acids is 1. The molecule has 1 saturated heterocycles. The minimum absolute atomic E-state index is 0.0831. The summed E-state index contributed by atoms with van der Waals surface area (Å²) >= 11 is 5.97. The van der Waals surface area contributed by atoms with Gasteiger partial charge < -0.3 is 14.6 Å². The Hall–Kier alpha value is -1.78. The number of halogens is 1. The lowest BCUT2D eigenvalue weighted by molar-refractivity contribution is 0.0650. The zero-order valence-electron chi connectivity index (χ0n) is 14.1. The van der Waals surface area contributed by atoms with Crippen LogP contribution in [0.15, 0.2) is 30.3 Å². The fraction of sp³-hybridized carbons (Fsp3) is 0.421. The Labute approximate surface area is 147 Å². The van der Waals surface area contributed by atoms with Crippen LogP contribution in [0.25, 0.3) is 5.69 Å². The molecule has 1 fully saturated rings. The van der Waals surface area contributed by atoms with Crippen LogP contribution in [0.4, 0.5) is 0 Å². The Balaban J connectivity index is 1.86. The van der Waals surface area contributed by atoms with E-state index in [4.69, 9.17) is 11.6 Å². The number of piperidine rings is 1. The van der Waals surface area contributed by atoms with Gasteiger partial charge in [-0.1, -0.05) is 11.6 Å². The van der Waals surface area contributed by atoms with Gasteiger partial charge in [0.25, 0.3) is 5.91 Å². The molecule has 1 N–H and O–H groups in total. The Morgan fingerprint density at radius 1 is 1.21 bits per heavy atom. The van der Waals surface area contributed by atoms with Crippen molar-refractivity contribution in [2.45, 2.75) is 26.7 Å². The molecule has 1 aliphatic heterocycles. The second-order valence-electron chi connectivity index (χ2n) is 6.51. The molecule has 1 aliphatic rings. The van der Waals surface area contributed by atoms with Crippen LogP contribution in [0.5, 0.6) is 0 Å². The third-order valence-electron chi connectivity index (χ3n) is 4.91. The SMILES string of the molecule is Cc1cc(C(=O)N2CCC(CO)CC2)c(C)n1-c1ccc(Cl)cc1. The predicted molar refractivity (Wildman–Crippen MR) is 96.0 cm³/mol. The quantitative estimate of drug-likeness (QED) is 0.923. The van der Waals surface area contributed by atoms with Crippen molar-refractivity contribution < 1.29 is 9.90 Å². The van der Waals surface area contributed by atoms with Crippen LogP contribution in [-0.2, 0) is 0 Å². The maximum absolute atomic E-state index is 12.9. The monoisotopic (exact) mass is 346 g/mol. The molecule has 2 aromatic rings. The van der Waals surface area contributed by atoms with E-state index in [1.54, 1.807) is 0 Å². The molecule has 0 spiro atoms. The second-order valence-corrected chi connectivity index (χ2v) is 6.95. The molecule has 0 unspecified atom stereocenters. The maximum Gasteiger partial charge on any atom is 0.255 e. The Morgan fingerprint density at radius 2 is 1.83 bits per heavy atom. The number of aryl methyl sites for hydroxylation is 1. The molecule has 24 heavy (non-hydrogen) atoms. The normalized spacial score (nSPS) is 15.8. The van der Waals surface area contributed by atoms with E-state index in [2.05, 4.69) is 4.57 Å². The number of aromatic nitrogens is 1. The number of aliphatic hydroxyl groups is 1. The van der Waals surface area contributed by atoms with Crippen LogP contribution >= 0.6 is 11.6 Å². The van der Waals surface area contributed by atoms with Gasteiger partial charge in [-0.05, 0) is 62.9 Å². The van der Waals surface area contributed by atoms with Crippen LogP contribution in [0.3, 0.4) is 0 Å². The van der Waals surface area contributed by atoms with Gasteiger partial charge in [-0.15, -0.1) is 0 Å². The van der Waals surface area contributed by atoms with E-state index in [0.717, 1.165) is 35.5 Å². The highest BCUT2D eigenvalue weighted by molar-refractivity contribution is 6.30. The van der Waals surface area contributed by atoms with Crippen LogP contribution in [0.2, 0.25) is 5.02 Å². The first-order chi connectivity index (χ1) is 11.5. The molecule has 3 rings (SSSR count). The van der Waals surface area contributed by atoms with Crippen LogP contribution < -0.4 is 0 Å². The Morgan fingerprint density at radius 3 is 2.42 bits per heavy atom. The number of amides is 1. The molecule has 0 bridgehead atoms. The summed E-state index contributed by atoms with van der Waals surface area (Å²) in [7, 11) is 0. The Kier molecular flexibility index (Phi) is 4.97. The van der Waals surface area contributed by atoms with Crippen molar-refractivity contribution in [2.75, 3.05) is 19.7 Å². The lowest BCUT2D eigenvalue weighted by atomic mass is 9.97. The highest BCUT2D eigenvalue weighted by Crippen LogP contribution is 2.25. The number of aliphatic hydroxyl groups excluding tert-OH is 1. The standard InChI is InChI=1S/C19H23ClN2O2/c1-13-11-18(19(24)21-9-7-15(12-23)8-10-21)14(2)22(13)17-5-3-16(20)4-6-17/h3-6,11,15,23H,7-10,12H2,1-2H3. The first-order valence-electron chi connectivity index (χ1n) is 8.36. The maximum atomic E-state index is 12.9. The van der Waals surface area contributed by atoms with E-state index in [9.17, 15) is 9.90 Å². The molecule has 0 atom stereocenters. The highest BCUT2D eigenvalue weighted by Gasteiger charge is 2.26. The second kappa shape index (κ2) is 6.99. The fourth-order valence-corrected chi connectivity index (χ4v) is 3.58. The number of carbonyl (C=O) groups is 1. The molecule has 2 heterocycles. The van der Waals surface area contributed by atoms with Crippen molar-refractivity contribution in [3.8, 4) is 5.69 Å². The molecular formula is C19H23ClN2O2. The van der Waals surface area contributed by atoms with Crippen LogP contribution in [0, 0.1) is 19.8 Å². The van der Waals surface area contributed by atoms with Crippen molar-refractivity contribution in [1.82, 2.24) is 9.47 Å². The summed E-state index contributed by atoms with van der Waals surface area (Å²) in [5.74, 6) is 0.412. The number of benzene rings is 1. The summed E-state index contributed by atoms with van der Waals surface area (Å²) in [6.07, 6.45) is 1.75.